The normalized spacial score (nSPS) is 11.6. The van der Waals surface area contributed by atoms with Crippen molar-refractivity contribution in [1.82, 2.24) is 4.31 Å². The number of carbonyl (C=O) groups excluding carboxylic acids is 2. The molecular weight excluding hydrogens is 344 g/mol. The van der Waals surface area contributed by atoms with E-state index in [1.807, 2.05) is 0 Å². The van der Waals surface area contributed by atoms with Gasteiger partial charge >= 0.3 is 5.97 Å². The SMILES string of the molecule is CCN(CC)S(=O)(=O)c1cc(NC(=O)COC(=O)C(C)C)ccc1C. The lowest BCUT2D eigenvalue weighted by atomic mass is 10.2. The maximum atomic E-state index is 12.7. The van der Waals surface area contributed by atoms with Crippen LogP contribution in [0.3, 0.4) is 0 Å². The third-order valence-corrected chi connectivity index (χ3v) is 5.80. The number of carbonyl (C=O) groups is 2. The maximum absolute atomic E-state index is 12.7. The van der Waals surface area contributed by atoms with Crippen LogP contribution in [-0.4, -0.2) is 44.3 Å². The third-order valence-electron chi connectivity index (χ3n) is 3.61. The summed E-state index contributed by atoms with van der Waals surface area (Å²) in [6.45, 7) is 8.89. The van der Waals surface area contributed by atoms with Crippen LogP contribution in [0.5, 0.6) is 0 Å². The van der Waals surface area contributed by atoms with Crippen LogP contribution in [0.1, 0.15) is 33.3 Å². The van der Waals surface area contributed by atoms with E-state index in [1.54, 1.807) is 46.8 Å². The van der Waals surface area contributed by atoms with E-state index >= 15 is 0 Å². The molecule has 0 aliphatic rings. The number of ether oxygens (including phenoxy) is 1. The maximum Gasteiger partial charge on any atom is 0.308 e. The second kappa shape index (κ2) is 8.96. The highest BCUT2D eigenvalue weighted by Gasteiger charge is 2.24. The van der Waals surface area contributed by atoms with Crippen molar-refractivity contribution >= 4 is 27.6 Å². The average Bonchev–Trinajstić information content (AvgIpc) is 2.54. The van der Waals surface area contributed by atoms with Crippen molar-refractivity contribution in [3.05, 3.63) is 23.8 Å². The zero-order valence-corrected chi connectivity index (χ0v) is 16.1. The molecule has 7 nitrogen and oxygen atoms in total. The molecule has 140 valence electrons. The molecule has 25 heavy (non-hydrogen) atoms. The molecule has 0 heterocycles. The average molecular weight is 370 g/mol. The predicted molar refractivity (Wildman–Crippen MR) is 95.7 cm³/mol. The Morgan fingerprint density at radius 1 is 1.20 bits per heavy atom. The summed E-state index contributed by atoms with van der Waals surface area (Å²) in [5.74, 6) is -1.31. The van der Waals surface area contributed by atoms with Crippen LogP contribution >= 0.6 is 0 Å². The van der Waals surface area contributed by atoms with Crippen LogP contribution in [0.4, 0.5) is 5.69 Å². The lowest BCUT2D eigenvalue weighted by molar-refractivity contribution is -0.150. The van der Waals surface area contributed by atoms with E-state index in [2.05, 4.69) is 5.32 Å². The van der Waals surface area contributed by atoms with Crippen LogP contribution < -0.4 is 5.32 Å². The fourth-order valence-corrected chi connectivity index (χ4v) is 3.87. The summed E-state index contributed by atoms with van der Waals surface area (Å²) < 4.78 is 31.6. The zero-order chi connectivity index (χ0) is 19.2. The molecule has 1 aromatic rings. The first-order valence-corrected chi connectivity index (χ1v) is 9.64. The molecule has 8 heteroatoms. The molecule has 1 N–H and O–H groups in total. The summed E-state index contributed by atoms with van der Waals surface area (Å²) in [6.07, 6.45) is 0. The summed E-state index contributed by atoms with van der Waals surface area (Å²) in [6, 6.07) is 4.66. The fourth-order valence-electron chi connectivity index (χ4n) is 2.16. The van der Waals surface area contributed by atoms with Crippen LogP contribution in [0.15, 0.2) is 23.1 Å². The molecule has 1 amide bonds. The highest BCUT2D eigenvalue weighted by Crippen LogP contribution is 2.23. The second-order valence-electron chi connectivity index (χ2n) is 5.88. The Morgan fingerprint density at radius 2 is 1.80 bits per heavy atom. The van der Waals surface area contributed by atoms with Gasteiger partial charge in [-0.25, -0.2) is 8.42 Å². The minimum absolute atomic E-state index is 0.146. The molecule has 0 radical (unpaired) electrons. The number of aryl methyl sites for hydroxylation is 1. The molecule has 0 saturated carbocycles. The van der Waals surface area contributed by atoms with Crippen molar-refractivity contribution in [3.63, 3.8) is 0 Å². The molecule has 0 saturated heterocycles. The lowest BCUT2D eigenvalue weighted by Gasteiger charge is -2.20. The molecule has 0 fully saturated rings. The number of sulfonamides is 1. The van der Waals surface area contributed by atoms with Gasteiger partial charge in [0.15, 0.2) is 6.61 Å². The van der Waals surface area contributed by atoms with Gasteiger partial charge in [0, 0.05) is 18.8 Å². The van der Waals surface area contributed by atoms with E-state index in [0.29, 0.717) is 24.3 Å². The highest BCUT2D eigenvalue weighted by atomic mass is 32.2. The van der Waals surface area contributed by atoms with Gasteiger partial charge in [0.2, 0.25) is 10.0 Å². The lowest BCUT2D eigenvalue weighted by Crippen LogP contribution is -2.31. The molecular formula is C17H26N2O5S. The third kappa shape index (κ3) is 5.54. The zero-order valence-electron chi connectivity index (χ0n) is 15.3. The first-order valence-electron chi connectivity index (χ1n) is 8.20. The molecule has 0 aliphatic heterocycles. The number of hydrogen-bond acceptors (Lipinski definition) is 5. The van der Waals surface area contributed by atoms with Crippen molar-refractivity contribution in [2.24, 2.45) is 5.92 Å². The van der Waals surface area contributed by atoms with E-state index in [9.17, 15) is 18.0 Å². The molecule has 0 bridgehead atoms. The number of rotatable bonds is 8. The fraction of sp³-hybridized carbons (Fsp3) is 0.529. The van der Waals surface area contributed by atoms with Gasteiger partial charge in [-0.3, -0.25) is 9.59 Å². The number of esters is 1. The molecule has 0 unspecified atom stereocenters. The van der Waals surface area contributed by atoms with Gasteiger partial charge in [0.25, 0.3) is 5.91 Å². The van der Waals surface area contributed by atoms with Gasteiger partial charge in [0.05, 0.1) is 10.8 Å². The van der Waals surface area contributed by atoms with E-state index in [0.717, 1.165) is 0 Å². The van der Waals surface area contributed by atoms with E-state index < -0.39 is 28.5 Å². The smallest absolute Gasteiger partial charge is 0.308 e. The number of anilines is 1. The minimum Gasteiger partial charge on any atom is -0.455 e. The Morgan fingerprint density at radius 3 is 2.32 bits per heavy atom. The number of nitrogens with one attached hydrogen (secondary N) is 1. The summed E-state index contributed by atoms with van der Waals surface area (Å²) in [5, 5.41) is 2.55. The Labute approximate surface area is 149 Å². The number of benzene rings is 1. The standard InChI is InChI=1S/C17H26N2O5S/c1-6-19(7-2)25(22,23)15-10-14(9-8-13(15)5)18-16(20)11-24-17(21)12(3)4/h8-10,12H,6-7,11H2,1-5H3,(H,18,20). The molecule has 0 atom stereocenters. The van der Waals surface area contributed by atoms with Gasteiger partial charge in [-0.2, -0.15) is 4.31 Å². The quantitative estimate of drug-likeness (QED) is 0.708. The van der Waals surface area contributed by atoms with E-state index in [1.165, 1.54) is 10.4 Å². The van der Waals surface area contributed by atoms with Crippen LogP contribution in [0, 0.1) is 12.8 Å². The first-order chi connectivity index (χ1) is 11.6. The van der Waals surface area contributed by atoms with Crippen molar-refractivity contribution in [1.29, 1.82) is 0 Å². The Balaban J connectivity index is 2.95. The van der Waals surface area contributed by atoms with E-state index in [4.69, 9.17) is 4.74 Å². The van der Waals surface area contributed by atoms with Crippen LogP contribution in [0.2, 0.25) is 0 Å². The van der Waals surface area contributed by atoms with Crippen molar-refractivity contribution in [3.8, 4) is 0 Å². The van der Waals surface area contributed by atoms with Crippen LogP contribution in [0.25, 0.3) is 0 Å². The topological polar surface area (TPSA) is 92.8 Å². The predicted octanol–water partition coefficient (Wildman–Crippen LogP) is 2.16. The summed E-state index contributed by atoms with van der Waals surface area (Å²) in [4.78, 5) is 23.4. The van der Waals surface area contributed by atoms with Gasteiger partial charge in [0.1, 0.15) is 0 Å². The number of amides is 1. The largest absolute Gasteiger partial charge is 0.455 e. The summed E-state index contributed by atoms with van der Waals surface area (Å²) in [7, 11) is -3.63. The Hall–Kier alpha value is -1.93. The van der Waals surface area contributed by atoms with Gasteiger partial charge in [-0.1, -0.05) is 33.8 Å². The monoisotopic (exact) mass is 370 g/mol. The first kappa shape index (κ1) is 21.1. The summed E-state index contributed by atoms with van der Waals surface area (Å²) in [5.41, 5.74) is 0.929. The molecule has 0 spiro atoms. The minimum atomic E-state index is -3.63. The molecule has 0 aliphatic carbocycles. The van der Waals surface area contributed by atoms with Crippen molar-refractivity contribution in [2.45, 2.75) is 39.5 Å². The van der Waals surface area contributed by atoms with E-state index in [-0.39, 0.29) is 10.8 Å². The van der Waals surface area contributed by atoms with Gasteiger partial charge in [-0.05, 0) is 24.6 Å². The molecule has 0 aromatic heterocycles. The second-order valence-corrected chi connectivity index (χ2v) is 7.79. The molecule has 1 aromatic carbocycles. The number of hydrogen-bond donors (Lipinski definition) is 1. The van der Waals surface area contributed by atoms with Crippen molar-refractivity contribution < 1.29 is 22.7 Å². The molecule has 1 rings (SSSR count). The van der Waals surface area contributed by atoms with Crippen LogP contribution in [-0.2, 0) is 24.3 Å². The van der Waals surface area contributed by atoms with Gasteiger partial charge in [-0.15, -0.1) is 0 Å². The summed E-state index contributed by atoms with van der Waals surface area (Å²) >= 11 is 0. The van der Waals surface area contributed by atoms with Gasteiger partial charge < -0.3 is 10.1 Å². The Kier molecular flexibility index (Phi) is 7.57. The van der Waals surface area contributed by atoms with Crippen molar-refractivity contribution in [2.75, 3.05) is 25.0 Å². The number of nitrogens with zero attached hydrogens (tertiary/aromatic N) is 1. The highest BCUT2D eigenvalue weighted by molar-refractivity contribution is 7.89. The Bertz CT molecular complexity index is 725.